The first-order valence-electron chi connectivity index (χ1n) is 8.81. The van der Waals surface area contributed by atoms with E-state index in [0.29, 0.717) is 12.6 Å². The Hall–Kier alpha value is -0.750. The van der Waals surface area contributed by atoms with Crippen molar-refractivity contribution in [3.63, 3.8) is 0 Å². The minimum Gasteiger partial charge on any atom is -0.343 e. The van der Waals surface area contributed by atoms with Crippen molar-refractivity contribution in [2.24, 2.45) is 0 Å². The Balaban J connectivity index is 2.32. The molecule has 0 aromatic rings. The fourth-order valence-corrected chi connectivity index (χ4v) is 3.53. The molecule has 0 aromatic carbocycles. The van der Waals surface area contributed by atoms with Crippen LogP contribution in [0.25, 0.3) is 0 Å². The molecule has 1 N–H and O–H groups in total. The summed E-state index contributed by atoms with van der Waals surface area (Å²) in [6, 6.07) is -0.0622. The van der Waals surface area contributed by atoms with E-state index >= 15 is 0 Å². The molecule has 2 atom stereocenters. The second kappa shape index (κ2) is 10.9. The number of nitrogens with one attached hydrogen (secondary N) is 1. The summed E-state index contributed by atoms with van der Waals surface area (Å²) in [6.07, 6.45) is 4.42. The summed E-state index contributed by atoms with van der Waals surface area (Å²) < 4.78 is 0. The van der Waals surface area contributed by atoms with Gasteiger partial charge in [0.15, 0.2) is 0 Å². The lowest BCUT2D eigenvalue weighted by molar-refractivity contribution is -0.137. The molecule has 23 heavy (non-hydrogen) atoms. The fraction of sp³-hybridized carbons (Fsp3) is 0.882. The molecular formula is C17H33N3O2S. The van der Waals surface area contributed by atoms with E-state index in [1.165, 1.54) is 6.42 Å². The maximum Gasteiger partial charge on any atom is 0.244 e. The predicted molar refractivity (Wildman–Crippen MR) is 97.7 cm³/mol. The van der Waals surface area contributed by atoms with Crippen LogP contribution in [0.2, 0.25) is 0 Å². The highest BCUT2D eigenvalue weighted by Crippen LogP contribution is 2.10. The monoisotopic (exact) mass is 343 g/mol. The zero-order valence-electron chi connectivity index (χ0n) is 15.1. The highest BCUT2D eigenvalue weighted by molar-refractivity contribution is 7.99. The van der Waals surface area contributed by atoms with Crippen LogP contribution in [-0.2, 0) is 9.59 Å². The molecule has 0 aromatic heterocycles. The van der Waals surface area contributed by atoms with Gasteiger partial charge in [0, 0.05) is 19.1 Å². The number of hydrogen-bond acceptors (Lipinski definition) is 4. The Labute approximate surface area is 145 Å². The number of carbonyl (C=O) groups excluding carboxylic acids is 2. The molecule has 1 heterocycles. The van der Waals surface area contributed by atoms with Gasteiger partial charge in [0.25, 0.3) is 0 Å². The minimum absolute atomic E-state index is 0.0492. The second-order valence-electron chi connectivity index (χ2n) is 6.42. The quantitative estimate of drug-likeness (QED) is 0.650. The third-order valence-electron chi connectivity index (χ3n) is 4.45. The topological polar surface area (TPSA) is 52.7 Å². The molecular weight excluding hydrogens is 310 g/mol. The highest BCUT2D eigenvalue weighted by Gasteiger charge is 2.24. The zero-order chi connectivity index (χ0) is 17.2. The van der Waals surface area contributed by atoms with Crippen LogP contribution in [-0.4, -0.2) is 71.9 Å². The van der Waals surface area contributed by atoms with Crippen molar-refractivity contribution in [1.82, 2.24) is 15.1 Å². The summed E-state index contributed by atoms with van der Waals surface area (Å²) in [5.74, 6) is 2.23. The molecule has 1 aliphatic heterocycles. The molecule has 2 amide bonds. The van der Waals surface area contributed by atoms with Crippen LogP contribution in [0.15, 0.2) is 0 Å². The Morgan fingerprint density at radius 2 is 1.87 bits per heavy atom. The van der Waals surface area contributed by atoms with E-state index in [9.17, 15) is 9.59 Å². The number of nitrogens with zero attached hydrogens (tertiary/aromatic N) is 2. The van der Waals surface area contributed by atoms with Gasteiger partial charge in [0.1, 0.15) is 6.04 Å². The molecule has 1 rings (SSSR count). The van der Waals surface area contributed by atoms with E-state index in [1.807, 2.05) is 23.7 Å². The maximum absolute atomic E-state index is 12.3. The van der Waals surface area contributed by atoms with Crippen LogP contribution in [0.5, 0.6) is 0 Å². The number of thioether (sulfide) groups is 1. The fourth-order valence-electron chi connectivity index (χ4n) is 2.74. The summed E-state index contributed by atoms with van der Waals surface area (Å²) in [4.78, 5) is 28.4. The molecule has 0 aliphatic carbocycles. The number of rotatable bonds is 9. The molecule has 1 saturated heterocycles. The van der Waals surface area contributed by atoms with Gasteiger partial charge in [-0.2, -0.15) is 11.8 Å². The largest absolute Gasteiger partial charge is 0.343 e. The van der Waals surface area contributed by atoms with Gasteiger partial charge in [-0.15, -0.1) is 0 Å². The van der Waals surface area contributed by atoms with E-state index in [2.05, 4.69) is 24.1 Å². The molecule has 5 nitrogen and oxygen atoms in total. The summed E-state index contributed by atoms with van der Waals surface area (Å²) in [5.41, 5.74) is 0. The minimum atomic E-state index is -0.431. The van der Waals surface area contributed by atoms with Crippen LogP contribution in [0.1, 0.15) is 46.5 Å². The van der Waals surface area contributed by atoms with Crippen molar-refractivity contribution < 1.29 is 9.59 Å². The molecule has 134 valence electrons. The second-order valence-corrected chi connectivity index (χ2v) is 7.82. The molecule has 0 spiro atoms. The Morgan fingerprint density at radius 3 is 2.48 bits per heavy atom. The molecule has 1 aliphatic rings. The first-order chi connectivity index (χ1) is 11.0. The van der Waals surface area contributed by atoms with Crippen molar-refractivity contribution in [3.8, 4) is 0 Å². The molecule has 6 heteroatoms. The number of likely N-dealkylation sites (N-methyl/N-ethyl adjacent to an activating group) is 1. The predicted octanol–water partition coefficient (Wildman–Crippen LogP) is 1.97. The Bertz CT molecular complexity index is 373. The first kappa shape index (κ1) is 20.3. The number of piperidine rings is 1. The Morgan fingerprint density at radius 1 is 1.22 bits per heavy atom. The van der Waals surface area contributed by atoms with Crippen LogP contribution >= 0.6 is 11.8 Å². The lowest BCUT2D eigenvalue weighted by atomic mass is 10.1. The van der Waals surface area contributed by atoms with Crippen molar-refractivity contribution in [2.45, 2.75) is 58.5 Å². The third-order valence-corrected chi connectivity index (χ3v) is 5.38. The lowest BCUT2D eigenvalue weighted by Gasteiger charge is -2.30. The van der Waals surface area contributed by atoms with Gasteiger partial charge in [-0.25, -0.2) is 0 Å². The average molecular weight is 344 g/mol. The van der Waals surface area contributed by atoms with Crippen molar-refractivity contribution >= 4 is 23.6 Å². The summed E-state index contributed by atoms with van der Waals surface area (Å²) >= 11 is 1.93. The van der Waals surface area contributed by atoms with E-state index in [0.717, 1.165) is 43.9 Å². The Kier molecular flexibility index (Phi) is 9.63. The zero-order valence-corrected chi connectivity index (χ0v) is 16.0. The van der Waals surface area contributed by atoms with E-state index in [-0.39, 0.29) is 11.8 Å². The molecule has 0 bridgehead atoms. The van der Waals surface area contributed by atoms with Gasteiger partial charge < -0.3 is 10.2 Å². The molecule has 2 unspecified atom stereocenters. The number of hydrogen-bond donors (Lipinski definition) is 1. The van der Waals surface area contributed by atoms with Gasteiger partial charge in [0.2, 0.25) is 11.8 Å². The van der Waals surface area contributed by atoms with E-state index in [1.54, 1.807) is 6.92 Å². The van der Waals surface area contributed by atoms with Gasteiger partial charge >= 0.3 is 0 Å². The summed E-state index contributed by atoms with van der Waals surface area (Å²) in [6.45, 7) is 8.08. The van der Waals surface area contributed by atoms with Crippen LogP contribution in [0.3, 0.4) is 0 Å². The SMILES string of the molecule is CCSCCC(C)N(C)CC(=O)NC(C)C(=O)N1CCCCC1. The molecule has 1 fully saturated rings. The van der Waals surface area contributed by atoms with Crippen molar-refractivity contribution in [2.75, 3.05) is 38.2 Å². The van der Waals surface area contributed by atoms with E-state index < -0.39 is 6.04 Å². The van der Waals surface area contributed by atoms with Crippen molar-refractivity contribution in [3.05, 3.63) is 0 Å². The van der Waals surface area contributed by atoms with Crippen LogP contribution in [0, 0.1) is 0 Å². The van der Waals surface area contributed by atoms with Crippen molar-refractivity contribution in [1.29, 1.82) is 0 Å². The third kappa shape index (κ3) is 7.57. The van der Waals surface area contributed by atoms with Gasteiger partial charge in [0.05, 0.1) is 6.54 Å². The molecule has 0 saturated carbocycles. The van der Waals surface area contributed by atoms with Gasteiger partial charge in [-0.3, -0.25) is 14.5 Å². The van der Waals surface area contributed by atoms with Gasteiger partial charge in [-0.1, -0.05) is 6.92 Å². The first-order valence-corrected chi connectivity index (χ1v) is 9.97. The highest BCUT2D eigenvalue weighted by atomic mass is 32.2. The average Bonchev–Trinajstić information content (AvgIpc) is 2.54. The van der Waals surface area contributed by atoms with Crippen LogP contribution < -0.4 is 5.32 Å². The maximum atomic E-state index is 12.3. The number of amides is 2. The summed E-state index contributed by atoms with van der Waals surface area (Å²) in [5, 5.41) is 2.85. The standard InChI is InChI=1S/C17H33N3O2S/c1-5-23-12-9-14(2)19(4)13-16(21)18-15(3)17(22)20-10-7-6-8-11-20/h14-15H,5-13H2,1-4H3,(H,18,21). The number of carbonyl (C=O) groups is 2. The summed E-state index contributed by atoms with van der Waals surface area (Å²) in [7, 11) is 1.97. The number of likely N-dealkylation sites (tertiary alicyclic amines) is 1. The normalized spacial score (nSPS) is 17.9. The molecule has 0 radical (unpaired) electrons. The van der Waals surface area contributed by atoms with Gasteiger partial charge in [-0.05, 0) is 58.1 Å². The lowest BCUT2D eigenvalue weighted by Crippen LogP contribution is -2.50. The van der Waals surface area contributed by atoms with E-state index in [4.69, 9.17) is 0 Å². The van der Waals surface area contributed by atoms with Crippen LogP contribution in [0.4, 0.5) is 0 Å². The smallest absolute Gasteiger partial charge is 0.244 e.